The van der Waals surface area contributed by atoms with Crippen LogP contribution in [0, 0.1) is 5.82 Å². The zero-order valence-corrected chi connectivity index (χ0v) is 9.26. The Morgan fingerprint density at radius 3 is 2.59 bits per heavy atom. The molecule has 3 rings (SSSR count). The number of aromatic nitrogens is 3. The van der Waals surface area contributed by atoms with Crippen molar-refractivity contribution in [2.45, 2.75) is 0 Å². The van der Waals surface area contributed by atoms with Crippen LogP contribution in [-0.4, -0.2) is 14.8 Å². The first kappa shape index (κ1) is 9.96. The van der Waals surface area contributed by atoms with Gasteiger partial charge in [0, 0.05) is 30.4 Å². The van der Waals surface area contributed by atoms with Gasteiger partial charge < -0.3 is 0 Å². The Bertz CT molecular complexity index is 671. The molecule has 0 radical (unpaired) electrons. The molecule has 2 heterocycles. The Hall–Kier alpha value is -2.23. The van der Waals surface area contributed by atoms with Crippen molar-refractivity contribution in [2.24, 2.45) is 7.05 Å². The van der Waals surface area contributed by atoms with Crippen LogP contribution >= 0.6 is 0 Å². The minimum atomic E-state index is -0.237. The number of nitrogens with zero attached hydrogens (tertiary/aromatic N) is 3. The summed E-state index contributed by atoms with van der Waals surface area (Å²) in [4.78, 5) is 4.18. The van der Waals surface area contributed by atoms with Crippen LogP contribution in [0.3, 0.4) is 0 Å². The molecule has 2 aromatic heterocycles. The molecule has 0 aliphatic heterocycles. The van der Waals surface area contributed by atoms with E-state index >= 15 is 0 Å². The number of halogens is 1. The molecule has 0 N–H and O–H groups in total. The Kier molecular flexibility index (Phi) is 2.14. The first-order chi connectivity index (χ1) is 8.25. The summed E-state index contributed by atoms with van der Waals surface area (Å²) in [6.07, 6.45) is 5.32. The fourth-order valence-corrected chi connectivity index (χ4v) is 1.97. The Morgan fingerprint density at radius 1 is 1.06 bits per heavy atom. The second kappa shape index (κ2) is 3.66. The van der Waals surface area contributed by atoms with Gasteiger partial charge >= 0.3 is 0 Å². The third kappa shape index (κ3) is 1.58. The second-order valence-corrected chi connectivity index (χ2v) is 3.90. The Morgan fingerprint density at radius 2 is 1.82 bits per heavy atom. The predicted octanol–water partition coefficient (Wildman–Crippen LogP) is 2.77. The third-order valence-corrected chi connectivity index (χ3v) is 2.79. The molecule has 0 unspecified atom stereocenters. The van der Waals surface area contributed by atoms with Gasteiger partial charge in [0.2, 0.25) is 0 Å². The lowest BCUT2D eigenvalue weighted by atomic mass is 10.1. The summed E-state index contributed by atoms with van der Waals surface area (Å²) in [5.74, 6) is -0.237. The zero-order valence-electron chi connectivity index (χ0n) is 9.26. The summed E-state index contributed by atoms with van der Waals surface area (Å²) < 4.78 is 14.7. The minimum absolute atomic E-state index is 0.237. The van der Waals surface area contributed by atoms with E-state index in [-0.39, 0.29) is 5.82 Å². The molecule has 3 nitrogen and oxygen atoms in total. The molecule has 1 aromatic carbocycles. The summed E-state index contributed by atoms with van der Waals surface area (Å²) >= 11 is 0. The van der Waals surface area contributed by atoms with Gasteiger partial charge in [-0.25, -0.2) is 4.39 Å². The summed E-state index contributed by atoms with van der Waals surface area (Å²) in [7, 11) is 1.88. The lowest BCUT2D eigenvalue weighted by molar-refractivity contribution is 0.628. The smallest absolute Gasteiger partial charge is 0.123 e. The highest BCUT2D eigenvalue weighted by molar-refractivity contribution is 5.92. The van der Waals surface area contributed by atoms with Crippen LogP contribution in [-0.2, 0) is 7.05 Å². The predicted molar refractivity (Wildman–Crippen MR) is 63.9 cm³/mol. The summed E-state index contributed by atoms with van der Waals surface area (Å²) in [6, 6.07) is 6.40. The maximum atomic E-state index is 12.9. The van der Waals surface area contributed by atoms with Gasteiger partial charge in [-0.1, -0.05) is 12.1 Å². The van der Waals surface area contributed by atoms with Gasteiger partial charge in [0.1, 0.15) is 5.82 Å². The van der Waals surface area contributed by atoms with E-state index in [0.29, 0.717) is 0 Å². The molecule has 0 saturated carbocycles. The van der Waals surface area contributed by atoms with E-state index in [9.17, 15) is 4.39 Å². The van der Waals surface area contributed by atoms with Crippen molar-refractivity contribution in [2.75, 3.05) is 0 Å². The molecule has 3 aromatic rings. The molecule has 0 saturated heterocycles. The molecule has 17 heavy (non-hydrogen) atoms. The molecule has 0 aliphatic carbocycles. The molecule has 0 atom stereocenters. The minimum Gasteiger partial charge on any atom is -0.267 e. The van der Waals surface area contributed by atoms with E-state index in [1.54, 1.807) is 35.4 Å². The van der Waals surface area contributed by atoms with E-state index in [4.69, 9.17) is 0 Å². The van der Waals surface area contributed by atoms with E-state index in [1.165, 1.54) is 12.1 Å². The van der Waals surface area contributed by atoms with Gasteiger partial charge in [-0.2, -0.15) is 5.10 Å². The quantitative estimate of drug-likeness (QED) is 0.640. The van der Waals surface area contributed by atoms with Crippen molar-refractivity contribution in [3.63, 3.8) is 0 Å². The number of benzene rings is 1. The van der Waals surface area contributed by atoms with Gasteiger partial charge in [-0.15, -0.1) is 0 Å². The molecule has 84 valence electrons. The molecule has 0 amide bonds. The number of rotatable bonds is 1. The van der Waals surface area contributed by atoms with E-state index in [0.717, 1.165) is 22.0 Å². The van der Waals surface area contributed by atoms with Gasteiger partial charge in [-0.3, -0.25) is 9.67 Å². The summed E-state index contributed by atoms with van der Waals surface area (Å²) in [5, 5.41) is 5.18. The highest BCUT2D eigenvalue weighted by Gasteiger charge is 2.08. The average Bonchev–Trinajstić information content (AvgIpc) is 2.73. The van der Waals surface area contributed by atoms with Crippen molar-refractivity contribution in [3.8, 4) is 11.1 Å². The summed E-state index contributed by atoms with van der Waals surface area (Å²) in [5.41, 5.74) is 2.90. The summed E-state index contributed by atoms with van der Waals surface area (Å²) in [6.45, 7) is 0. The van der Waals surface area contributed by atoms with Gasteiger partial charge in [-0.05, 0) is 17.7 Å². The molecule has 0 bridgehead atoms. The zero-order chi connectivity index (χ0) is 11.8. The molecule has 0 aliphatic rings. The fourth-order valence-electron chi connectivity index (χ4n) is 1.97. The number of aryl methyl sites for hydroxylation is 1. The van der Waals surface area contributed by atoms with E-state index in [2.05, 4.69) is 10.1 Å². The number of hydrogen-bond donors (Lipinski definition) is 0. The lowest BCUT2D eigenvalue weighted by Gasteiger charge is -2.04. The van der Waals surface area contributed by atoms with Crippen molar-refractivity contribution >= 4 is 10.9 Å². The normalized spacial score (nSPS) is 10.9. The standard InChI is InChI=1S/C13H10FN3/c1-17-13-10(7-16-17)6-15-8-12(13)9-2-4-11(14)5-3-9/h2-8H,1H3. The Labute approximate surface area is 97.5 Å². The van der Waals surface area contributed by atoms with Crippen LogP contribution in [0.2, 0.25) is 0 Å². The number of pyridine rings is 1. The molecular weight excluding hydrogens is 217 g/mol. The van der Waals surface area contributed by atoms with Crippen molar-refractivity contribution in [1.82, 2.24) is 14.8 Å². The molecule has 0 spiro atoms. The maximum absolute atomic E-state index is 12.9. The van der Waals surface area contributed by atoms with Crippen LogP contribution < -0.4 is 0 Å². The van der Waals surface area contributed by atoms with Gasteiger partial charge in [0.05, 0.1) is 11.7 Å². The van der Waals surface area contributed by atoms with Gasteiger partial charge in [0.15, 0.2) is 0 Å². The number of hydrogen-bond acceptors (Lipinski definition) is 2. The van der Waals surface area contributed by atoms with Crippen molar-refractivity contribution in [1.29, 1.82) is 0 Å². The first-order valence-corrected chi connectivity index (χ1v) is 5.27. The van der Waals surface area contributed by atoms with E-state index in [1.807, 2.05) is 7.05 Å². The van der Waals surface area contributed by atoms with Crippen LogP contribution in [0.4, 0.5) is 4.39 Å². The highest BCUT2D eigenvalue weighted by Crippen LogP contribution is 2.26. The van der Waals surface area contributed by atoms with Crippen molar-refractivity contribution in [3.05, 3.63) is 48.7 Å². The highest BCUT2D eigenvalue weighted by atomic mass is 19.1. The van der Waals surface area contributed by atoms with Crippen LogP contribution in [0.5, 0.6) is 0 Å². The topological polar surface area (TPSA) is 30.7 Å². The fraction of sp³-hybridized carbons (Fsp3) is 0.0769. The van der Waals surface area contributed by atoms with Crippen LogP contribution in [0.25, 0.3) is 22.0 Å². The lowest BCUT2D eigenvalue weighted by Crippen LogP contribution is -1.92. The SMILES string of the molecule is Cn1ncc2cncc(-c3ccc(F)cc3)c21. The average molecular weight is 227 g/mol. The van der Waals surface area contributed by atoms with Crippen LogP contribution in [0.1, 0.15) is 0 Å². The second-order valence-electron chi connectivity index (χ2n) is 3.90. The molecule has 4 heteroatoms. The van der Waals surface area contributed by atoms with Crippen LogP contribution in [0.15, 0.2) is 42.9 Å². The Balaban J connectivity index is 2.29. The van der Waals surface area contributed by atoms with Gasteiger partial charge in [0.25, 0.3) is 0 Å². The first-order valence-electron chi connectivity index (χ1n) is 5.27. The molecular formula is C13H10FN3. The van der Waals surface area contributed by atoms with Crippen molar-refractivity contribution < 1.29 is 4.39 Å². The molecule has 0 fully saturated rings. The maximum Gasteiger partial charge on any atom is 0.123 e. The third-order valence-electron chi connectivity index (χ3n) is 2.79. The number of fused-ring (bicyclic) bond motifs is 1. The largest absolute Gasteiger partial charge is 0.267 e. The van der Waals surface area contributed by atoms with E-state index < -0.39 is 0 Å². The monoisotopic (exact) mass is 227 g/mol.